The van der Waals surface area contributed by atoms with Crippen molar-refractivity contribution in [3.8, 4) is 0 Å². The molecule has 36 heavy (non-hydrogen) atoms. The van der Waals surface area contributed by atoms with Crippen molar-refractivity contribution < 1.29 is 9.21 Å². The third-order valence-electron chi connectivity index (χ3n) is 6.84. The van der Waals surface area contributed by atoms with Crippen molar-refractivity contribution in [1.82, 2.24) is 10.3 Å². The molecule has 1 unspecified atom stereocenters. The van der Waals surface area contributed by atoms with Crippen LogP contribution in [0.1, 0.15) is 46.9 Å². The van der Waals surface area contributed by atoms with Gasteiger partial charge in [0, 0.05) is 48.8 Å². The van der Waals surface area contributed by atoms with Gasteiger partial charge in [-0.1, -0.05) is 36.4 Å². The van der Waals surface area contributed by atoms with Crippen LogP contribution < -0.4 is 15.5 Å². The van der Waals surface area contributed by atoms with Crippen molar-refractivity contribution in [3.05, 3.63) is 114 Å². The van der Waals surface area contributed by atoms with Crippen LogP contribution in [0, 0.1) is 0 Å². The molecule has 0 radical (unpaired) electrons. The molecule has 5 rings (SSSR count). The highest BCUT2D eigenvalue weighted by Crippen LogP contribution is 2.28. The van der Waals surface area contributed by atoms with Gasteiger partial charge in [-0.2, -0.15) is 0 Å². The lowest BCUT2D eigenvalue weighted by molar-refractivity contribution is 0.102. The first-order valence-corrected chi connectivity index (χ1v) is 12.6. The number of amides is 1. The summed E-state index contributed by atoms with van der Waals surface area (Å²) in [6.45, 7) is 2.91. The Morgan fingerprint density at radius 1 is 1.00 bits per heavy atom. The number of rotatable bonds is 9. The highest BCUT2D eigenvalue weighted by atomic mass is 16.3. The van der Waals surface area contributed by atoms with E-state index in [0.29, 0.717) is 11.6 Å². The molecular weight excluding hydrogens is 448 g/mol. The van der Waals surface area contributed by atoms with Gasteiger partial charge in [-0.25, -0.2) is 0 Å². The monoisotopic (exact) mass is 480 g/mol. The molecule has 184 valence electrons. The van der Waals surface area contributed by atoms with Crippen LogP contribution in [0.15, 0.2) is 102 Å². The van der Waals surface area contributed by atoms with Crippen molar-refractivity contribution in [2.45, 2.75) is 31.2 Å². The molecule has 1 aliphatic rings. The molecule has 0 spiro atoms. The van der Waals surface area contributed by atoms with Gasteiger partial charge in [0.1, 0.15) is 5.76 Å². The summed E-state index contributed by atoms with van der Waals surface area (Å²) in [7, 11) is 0. The van der Waals surface area contributed by atoms with Gasteiger partial charge in [-0.15, -0.1) is 0 Å². The van der Waals surface area contributed by atoms with E-state index in [4.69, 9.17) is 4.42 Å². The summed E-state index contributed by atoms with van der Waals surface area (Å²) in [4.78, 5) is 18.9. The average molecular weight is 481 g/mol. The fraction of sp³-hybridized carbons (Fsp3) is 0.267. The average Bonchev–Trinajstić information content (AvgIpc) is 3.47. The molecule has 6 heteroatoms. The maximum atomic E-state index is 12.5. The van der Waals surface area contributed by atoms with E-state index in [0.717, 1.165) is 56.0 Å². The van der Waals surface area contributed by atoms with Crippen molar-refractivity contribution in [3.63, 3.8) is 0 Å². The predicted octanol–water partition coefficient (Wildman–Crippen LogP) is 5.71. The number of pyridine rings is 1. The van der Waals surface area contributed by atoms with E-state index in [-0.39, 0.29) is 11.8 Å². The van der Waals surface area contributed by atoms with Gasteiger partial charge in [-0.05, 0) is 73.8 Å². The van der Waals surface area contributed by atoms with Crippen molar-refractivity contribution in [2.75, 3.05) is 29.9 Å². The van der Waals surface area contributed by atoms with Gasteiger partial charge in [0.25, 0.3) is 5.91 Å². The first-order valence-electron chi connectivity index (χ1n) is 12.6. The Kier molecular flexibility index (Phi) is 7.73. The van der Waals surface area contributed by atoms with Crippen LogP contribution in [0.5, 0.6) is 0 Å². The summed E-state index contributed by atoms with van der Waals surface area (Å²) in [5.74, 6) is 1.14. The second kappa shape index (κ2) is 11.7. The number of nitrogens with one attached hydrogen (secondary N) is 2. The molecule has 4 aromatic rings. The molecule has 0 aliphatic carbocycles. The minimum absolute atomic E-state index is 0.147. The van der Waals surface area contributed by atoms with Crippen molar-refractivity contribution >= 4 is 17.3 Å². The lowest BCUT2D eigenvalue weighted by Crippen LogP contribution is -2.43. The molecule has 2 N–H and O–H groups in total. The molecule has 0 saturated carbocycles. The zero-order valence-corrected chi connectivity index (χ0v) is 20.3. The lowest BCUT2D eigenvalue weighted by atomic mass is 9.93. The summed E-state index contributed by atoms with van der Waals surface area (Å²) in [5.41, 5.74) is 3.78. The van der Waals surface area contributed by atoms with E-state index in [1.165, 1.54) is 5.56 Å². The second-order valence-electron chi connectivity index (χ2n) is 9.23. The molecule has 6 nitrogen and oxygen atoms in total. The summed E-state index contributed by atoms with van der Waals surface area (Å²) >= 11 is 0. The summed E-state index contributed by atoms with van der Waals surface area (Å²) in [5, 5.41) is 6.76. The van der Waals surface area contributed by atoms with Crippen LogP contribution in [-0.4, -0.2) is 36.6 Å². The van der Waals surface area contributed by atoms with E-state index < -0.39 is 0 Å². The number of hydrogen-bond acceptors (Lipinski definition) is 5. The minimum atomic E-state index is -0.147. The van der Waals surface area contributed by atoms with Gasteiger partial charge >= 0.3 is 0 Å². The number of aromatic nitrogens is 1. The normalized spacial score (nSPS) is 14.9. The van der Waals surface area contributed by atoms with Crippen LogP contribution in [0.4, 0.5) is 11.4 Å². The standard InChI is InChI=1S/C30H32N4O2/c35-30(24-9-5-16-31-22-24)33-26-10-4-11-27(21-26)34-18-14-25(15-19-34)32-17-13-28(29-12-6-20-36-29)23-7-2-1-3-8-23/h1-12,16,20-22,25,28,32H,13-15,17-19H2,(H,33,35). The topological polar surface area (TPSA) is 70.4 Å². The molecule has 1 amide bonds. The molecule has 1 aliphatic heterocycles. The van der Waals surface area contributed by atoms with E-state index in [2.05, 4.69) is 69.0 Å². The number of furan rings is 1. The number of piperidine rings is 1. The third kappa shape index (κ3) is 6.01. The number of carbonyl (C=O) groups is 1. The molecule has 1 fully saturated rings. The third-order valence-corrected chi connectivity index (χ3v) is 6.84. The highest BCUT2D eigenvalue weighted by molar-refractivity contribution is 6.04. The minimum Gasteiger partial charge on any atom is -0.469 e. The predicted molar refractivity (Wildman–Crippen MR) is 143 cm³/mol. The summed E-state index contributed by atoms with van der Waals surface area (Å²) in [6, 6.07) is 26.8. The van der Waals surface area contributed by atoms with Crippen LogP contribution in [0.2, 0.25) is 0 Å². The Morgan fingerprint density at radius 3 is 2.61 bits per heavy atom. The Morgan fingerprint density at radius 2 is 1.86 bits per heavy atom. The molecule has 3 heterocycles. The summed E-state index contributed by atoms with van der Waals surface area (Å²) in [6.07, 6.45) is 8.17. The Balaban J connectivity index is 1.12. The fourth-order valence-corrected chi connectivity index (χ4v) is 4.90. The molecule has 2 aromatic carbocycles. The van der Waals surface area contributed by atoms with Crippen LogP contribution in [0.25, 0.3) is 0 Å². The molecular formula is C30H32N4O2. The second-order valence-corrected chi connectivity index (χ2v) is 9.23. The molecule has 0 bridgehead atoms. The zero-order chi connectivity index (χ0) is 24.6. The highest BCUT2D eigenvalue weighted by Gasteiger charge is 2.21. The van der Waals surface area contributed by atoms with Crippen LogP contribution >= 0.6 is 0 Å². The maximum Gasteiger partial charge on any atom is 0.257 e. The lowest BCUT2D eigenvalue weighted by Gasteiger charge is -2.34. The smallest absolute Gasteiger partial charge is 0.257 e. The number of anilines is 2. The van der Waals surface area contributed by atoms with Crippen LogP contribution in [0.3, 0.4) is 0 Å². The van der Waals surface area contributed by atoms with E-state index in [1.807, 2.05) is 18.2 Å². The van der Waals surface area contributed by atoms with Gasteiger partial charge in [0.2, 0.25) is 0 Å². The molecule has 1 saturated heterocycles. The largest absolute Gasteiger partial charge is 0.469 e. The van der Waals surface area contributed by atoms with Gasteiger partial charge in [-0.3, -0.25) is 9.78 Å². The molecule has 1 atom stereocenters. The van der Waals surface area contributed by atoms with Crippen molar-refractivity contribution in [2.24, 2.45) is 0 Å². The maximum absolute atomic E-state index is 12.5. The Hall–Kier alpha value is -3.90. The molecule has 2 aromatic heterocycles. The Bertz CT molecular complexity index is 1220. The van der Waals surface area contributed by atoms with Gasteiger partial charge < -0.3 is 20.0 Å². The fourth-order valence-electron chi connectivity index (χ4n) is 4.90. The Labute approximate surface area is 212 Å². The van der Waals surface area contributed by atoms with Gasteiger partial charge in [0.15, 0.2) is 0 Å². The number of carbonyl (C=O) groups excluding carboxylic acids is 1. The SMILES string of the molecule is O=C(Nc1cccc(N2CCC(NCCC(c3ccccc3)c3ccco3)CC2)c1)c1cccnc1. The first-order chi connectivity index (χ1) is 17.8. The van der Waals surface area contributed by atoms with E-state index in [9.17, 15) is 4.79 Å². The van der Waals surface area contributed by atoms with Crippen LogP contribution in [-0.2, 0) is 0 Å². The number of benzene rings is 2. The number of nitrogens with zero attached hydrogens (tertiary/aromatic N) is 2. The summed E-state index contributed by atoms with van der Waals surface area (Å²) < 4.78 is 5.75. The zero-order valence-electron chi connectivity index (χ0n) is 20.3. The van der Waals surface area contributed by atoms with E-state index in [1.54, 1.807) is 30.8 Å². The number of hydrogen-bond donors (Lipinski definition) is 2. The quantitative estimate of drug-likeness (QED) is 0.321. The van der Waals surface area contributed by atoms with Crippen molar-refractivity contribution in [1.29, 1.82) is 0 Å². The van der Waals surface area contributed by atoms with Gasteiger partial charge in [0.05, 0.1) is 11.8 Å². The van der Waals surface area contributed by atoms with E-state index >= 15 is 0 Å². The first kappa shape index (κ1) is 23.8.